The van der Waals surface area contributed by atoms with E-state index in [4.69, 9.17) is 23.7 Å². The molecule has 0 radical (unpaired) electrons. The number of phenols is 1. The fraction of sp³-hybridized carbons (Fsp3) is 0.632. The van der Waals surface area contributed by atoms with Crippen LogP contribution < -0.4 is 0 Å². The molecular formula is C57H77F2NO13S3. The summed E-state index contributed by atoms with van der Waals surface area (Å²) in [7, 11) is 2.77. The van der Waals surface area contributed by atoms with Crippen LogP contribution in [-0.2, 0) is 51.1 Å². The van der Waals surface area contributed by atoms with E-state index in [1.807, 2.05) is 19.9 Å². The number of carbonyl (C=O) groups is 5. The number of amides is 1. The molecule has 0 bridgehead atoms. The summed E-state index contributed by atoms with van der Waals surface area (Å²) in [4.78, 5) is 68.7. The molecule has 2 fully saturated rings. The number of hydrogen-bond donors (Lipinski definition) is 3. The molecule has 2 aromatic carbocycles. The van der Waals surface area contributed by atoms with Crippen molar-refractivity contribution in [3.8, 4) is 5.75 Å². The number of unbranched alkanes of at least 4 members (excludes halogenated alkanes) is 4. The molecule has 4 aliphatic carbocycles. The Morgan fingerprint density at radius 3 is 2.29 bits per heavy atom. The number of ether oxygens (including phenoxy) is 5. The van der Waals surface area contributed by atoms with Gasteiger partial charge in [0.05, 0.1) is 19.3 Å². The van der Waals surface area contributed by atoms with E-state index < -0.39 is 93.6 Å². The highest BCUT2D eigenvalue weighted by atomic mass is 33.1. The standard InChI is InChI=1S/C57H77F2NO13S3/c1-6-50(65)73-57(51(66)74-37-58)38(2)30-43-44-33-46(59)45-32-42(62)21-22-54(45,3)56(44,5)49(34-55(43,57)4)72-53(68)71-27-29-76-75-28-26-70-52(67)60(35-48(64)40-19-20-47(63)41(31-40)36-61)23-13-9-15-25-69-24-14-8-12-18-39-16-10-7-11-17-39/h7,10-11,16-17,19-22,31,38,43-44,48-49,61,63-64H,6,8-9,12-15,18,23-30,32-37H2,1-5H3/t38-,43+,44+,48?,49+,54+,55+,56-,57+/m1/s1. The molecule has 0 heterocycles. The first-order valence-corrected chi connectivity index (χ1v) is 30.1. The molecule has 0 spiro atoms. The molecule has 19 heteroatoms. The van der Waals surface area contributed by atoms with Crippen LogP contribution >= 0.6 is 33.3 Å². The van der Waals surface area contributed by atoms with E-state index in [0.29, 0.717) is 67.0 Å². The Hall–Kier alpha value is -4.14. The van der Waals surface area contributed by atoms with Gasteiger partial charge in [-0.25, -0.2) is 18.4 Å². The van der Waals surface area contributed by atoms with Crippen LogP contribution in [0, 0.1) is 34.0 Å². The van der Waals surface area contributed by atoms with Crippen molar-refractivity contribution in [3.63, 3.8) is 0 Å². The van der Waals surface area contributed by atoms with Gasteiger partial charge < -0.3 is 43.9 Å². The number of aliphatic hydroxyl groups excluding tert-OH is 2. The van der Waals surface area contributed by atoms with E-state index >= 15 is 4.39 Å². The lowest BCUT2D eigenvalue weighted by molar-refractivity contribution is -0.217. The third-order valence-corrected chi connectivity index (χ3v) is 19.7. The van der Waals surface area contributed by atoms with Gasteiger partial charge in [-0.2, -0.15) is 0 Å². The van der Waals surface area contributed by atoms with Crippen LogP contribution in [0.25, 0.3) is 0 Å². The molecule has 1 amide bonds. The van der Waals surface area contributed by atoms with Crippen molar-refractivity contribution >= 4 is 62.5 Å². The maximum Gasteiger partial charge on any atom is 0.508 e. The molecule has 6 rings (SSSR count). The molecule has 76 heavy (non-hydrogen) atoms. The lowest BCUT2D eigenvalue weighted by atomic mass is 9.40. The minimum absolute atomic E-state index is 0.0125. The number of hydrogen-bond acceptors (Lipinski definition) is 16. The zero-order chi connectivity index (χ0) is 55.1. The van der Waals surface area contributed by atoms with Gasteiger partial charge in [-0.15, -0.1) is 0 Å². The lowest BCUT2D eigenvalue weighted by Gasteiger charge is -2.65. The van der Waals surface area contributed by atoms with Crippen molar-refractivity contribution in [3.05, 3.63) is 88.8 Å². The number of ketones is 1. The van der Waals surface area contributed by atoms with Gasteiger partial charge in [0.2, 0.25) is 5.12 Å². The molecule has 4 aliphatic rings. The fourth-order valence-corrected chi connectivity index (χ4v) is 14.9. The first kappa shape index (κ1) is 61.1. The zero-order valence-corrected chi connectivity index (χ0v) is 47.0. The summed E-state index contributed by atoms with van der Waals surface area (Å²) in [5.74, 6) is -2.24. The summed E-state index contributed by atoms with van der Waals surface area (Å²) in [6.07, 6.45) is 6.03. The first-order valence-electron chi connectivity index (χ1n) is 26.7. The van der Waals surface area contributed by atoms with Crippen molar-refractivity contribution in [2.45, 2.75) is 136 Å². The molecule has 3 N–H and O–H groups in total. The maximum atomic E-state index is 16.5. The van der Waals surface area contributed by atoms with Crippen LogP contribution in [0.3, 0.4) is 0 Å². The fourth-order valence-electron chi connectivity index (χ4n) is 12.5. The minimum atomic E-state index is -1.80. The third kappa shape index (κ3) is 13.8. The summed E-state index contributed by atoms with van der Waals surface area (Å²) in [6, 6.07) is 13.8. The van der Waals surface area contributed by atoms with E-state index in [9.17, 15) is 43.7 Å². The number of aryl methyl sites for hydroxylation is 1. The van der Waals surface area contributed by atoms with Crippen LogP contribution in [0.4, 0.5) is 18.4 Å². The van der Waals surface area contributed by atoms with Crippen LogP contribution in [0.1, 0.15) is 128 Å². The second kappa shape index (κ2) is 28.1. The molecule has 14 nitrogen and oxygen atoms in total. The number of rotatable bonds is 28. The SMILES string of the molecule is CCC(=O)O[C@]1(C(=O)SCF)[C@H](C)C[C@H]2[C@@H]3CC(F)=C4CC(=O)C=C[C@]4(C)[C@@]3(C)[C@@H](OC(=O)OCCSSCCOC(=O)N(CCCCCOCCCCCc3ccccc3)CC(O)c3ccc(O)c(CO)c3)C[C@@]21C. The topological polar surface area (TPSA) is 195 Å². The Balaban J connectivity index is 1.00. The van der Waals surface area contributed by atoms with Crippen molar-refractivity contribution in [1.82, 2.24) is 4.90 Å². The summed E-state index contributed by atoms with van der Waals surface area (Å²) < 4.78 is 60.0. The van der Waals surface area contributed by atoms with Gasteiger partial charge in [0.15, 0.2) is 11.4 Å². The smallest absolute Gasteiger partial charge is 0.508 e. The molecular weight excluding hydrogens is 1040 g/mol. The van der Waals surface area contributed by atoms with Gasteiger partial charge in [-0.3, -0.25) is 14.4 Å². The number of alkyl halides is 1. The molecule has 1 unspecified atom stereocenters. The van der Waals surface area contributed by atoms with Gasteiger partial charge in [0.25, 0.3) is 0 Å². The zero-order valence-electron chi connectivity index (χ0n) is 44.6. The average molecular weight is 1120 g/mol. The minimum Gasteiger partial charge on any atom is -0.508 e. The normalized spacial score (nSPS) is 27.0. The van der Waals surface area contributed by atoms with Gasteiger partial charge in [-0.1, -0.05) is 105 Å². The van der Waals surface area contributed by atoms with Gasteiger partial charge in [0.1, 0.15) is 36.9 Å². The maximum absolute atomic E-state index is 16.5. The highest BCUT2D eigenvalue weighted by Crippen LogP contribution is 2.74. The number of aromatic hydroxyl groups is 1. The molecule has 0 saturated heterocycles. The predicted octanol–water partition coefficient (Wildman–Crippen LogP) is 11.6. The molecule has 2 saturated carbocycles. The highest BCUT2D eigenvalue weighted by molar-refractivity contribution is 8.76. The summed E-state index contributed by atoms with van der Waals surface area (Å²) in [5, 5.41) is 30.2. The number of halogens is 2. The number of thioether (sulfide) groups is 1. The van der Waals surface area contributed by atoms with E-state index in [2.05, 4.69) is 24.3 Å². The van der Waals surface area contributed by atoms with E-state index in [1.54, 1.807) is 32.9 Å². The monoisotopic (exact) mass is 1120 g/mol. The second-order valence-electron chi connectivity index (χ2n) is 21.1. The Morgan fingerprint density at radius 1 is 0.908 bits per heavy atom. The number of benzene rings is 2. The Labute approximate surface area is 458 Å². The number of allylic oxidation sites excluding steroid dienone is 4. The molecule has 0 aliphatic heterocycles. The van der Waals surface area contributed by atoms with Crippen molar-refractivity contribution in [2.24, 2.45) is 34.0 Å². The van der Waals surface area contributed by atoms with Crippen LogP contribution in [0.5, 0.6) is 5.75 Å². The van der Waals surface area contributed by atoms with Gasteiger partial charge >= 0.3 is 18.2 Å². The van der Waals surface area contributed by atoms with Crippen LogP contribution in [0.2, 0.25) is 0 Å². The summed E-state index contributed by atoms with van der Waals surface area (Å²) >= 11 is 0.428. The van der Waals surface area contributed by atoms with Gasteiger partial charge in [0, 0.05) is 78.3 Å². The molecule has 0 aromatic heterocycles. The number of carbonyl (C=O) groups excluding carboxylic acids is 5. The van der Waals surface area contributed by atoms with Crippen molar-refractivity contribution < 1.29 is 71.8 Å². The van der Waals surface area contributed by atoms with E-state index in [1.165, 1.54) is 50.3 Å². The first-order chi connectivity index (χ1) is 36.4. The van der Waals surface area contributed by atoms with E-state index in [0.717, 1.165) is 38.5 Å². The summed E-state index contributed by atoms with van der Waals surface area (Å²) in [6.45, 7) is 10.1. The average Bonchev–Trinajstić information content (AvgIpc) is 3.73. The quantitative estimate of drug-likeness (QED) is 0.0315. The van der Waals surface area contributed by atoms with Crippen LogP contribution in [-0.4, -0.2) is 118 Å². The molecule has 9 atom stereocenters. The van der Waals surface area contributed by atoms with Gasteiger partial charge in [-0.05, 0) is 110 Å². The van der Waals surface area contributed by atoms with Crippen molar-refractivity contribution in [1.29, 1.82) is 0 Å². The molecule has 2 aromatic rings. The molecule has 420 valence electrons. The Kier molecular flexibility index (Phi) is 22.6. The number of fused-ring (bicyclic) bond motifs is 5. The lowest BCUT2D eigenvalue weighted by Crippen LogP contribution is -2.67. The highest BCUT2D eigenvalue weighted by Gasteiger charge is 2.77. The largest absolute Gasteiger partial charge is 0.508 e. The number of aliphatic hydroxyl groups is 2. The Morgan fingerprint density at radius 2 is 1.61 bits per heavy atom. The number of nitrogens with zero attached hydrogens (tertiary/aromatic N) is 1. The Bertz CT molecular complexity index is 2380. The van der Waals surface area contributed by atoms with Crippen molar-refractivity contribution in [2.75, 3.05) is 57.0 Å². The summed E-state index contributed by atoms with van der Waals surface area (Å²) in [5.41, 5.74) is -2.75. The van der Waals surface area contributed by atoms with E-state index in [-0.39, 0.29) is 62.5 Å². The van der Waals surface area contributed by atoms with Crippen LogP contribution in [0.15, 0.2) is 72.1 Å². The number of esters is 1. The predicted molar refractivity (Wildman–Crippen MR) is 291 cm³/mol. The second-order valence-corrected chi connectivity index (χ2v) is 24.6. The third-order valence-electron chi connectivity index (χ3n) is 16.7.